The molecule has 3 rings (SSSR count). The van der Waals surface area contributed by atoms with E-state index in [0.29, 0.717) is 27.7 Å². The van der Waals surface area contributed by atoms with Crippen LogP contribution < -0.4 is 11.1 Å². The summed E-state index contributed by atoms with van der Waals surface area (Å²) in [5, 5.41) is 5.01. The lowest BCUT2D eigenvalue weighted by Crippen LogP contribution is -2.15. The second kappa shape index (κ2) is 7.70. The van der Waals surface area contributed by atoms with Gasteiger partial charge in [-0.1, -0.05) is 43.1 Å². The highest BCUT2D eigenvalue weighted by molar-refractivity contribution is 6.30. The number of nitrogens with zero attached hydrogens (tertiary/aromatic N) is 2. The van der Waals surface area contributed by atoms with Gasteiger partial charge in [-0.2, -0.15) is 0 Å². The van der Waals surface area contributed by atoms with Crippen LogP contribution in [0.2, 0.25) is 5.02 Å². The number of fused-ring (bicyclic) bond motifs is 1. The SMILES string of the molecule is CCC[C@@H](Nc1nc(C)nc2c(C(N)=O)cccc12)c1ccc(Cl)cc1. The molecule has 0 spiro atoms. The van der Waals surface area contributed by atoms with Gasteiger partial charge in [0.15, 0.2) is 0 Å². The van der Waals surface area contributed by atoms with Crippen LogP contribution in [0.3, 0.4) is 0 Å². The van der Waals surface area contributed by atoms with E-state index in [9.17, 15) is 4.79 Å². The molecule has 0 saturated carbocycles. The number of nitrogens with two attached hydrogens (primary N) is 1. The first-order valence-corrected chi connectivity index (χ1v) is 8.96. The fraction of sp³-hybridized carbons (Fsp3) is 0.250. The Morgan fingerprint density at radius 3 is 2.58 bits per heavy atom. The summed E-state index contributed by atoms with van der Waals surface area (Å²) in [7, 11) is 0. The molecule has 2 aromatic carbocycles. The monoisotopic (exact) mass is 368 g/mol. The second-order valence-electron chi connectivity index (χ2n) is 6.22. The topological polar surface area (TPSA) is 80.9 Å². The average molecular weight is 369 g/mol. The van der Waals surface area contributed by atoms with Crippen molar-refractivity contribution in [3.63, 3.8) is 0 Å². The molecule has 3 N–H and O–H groups in total. The standard InChI is InChI=1S/C20H21ClN4O/c1-3-5-17(13-8-10-14(21)11-9-13)25-20-16-7-4-6-15(19(22)26)18(16)23-12(2)24-20/h4,6-11,17H,3,5H2,1-2H3,(H2,22,26)(H,23,24,25)/t17-/m1/s1. The normalized spacial score (nSPS) is 12.1. The Morgan fingerprint density at radius 1 is 1.19 bits per heavy atom. The third kappa shape index (κ3) is 3.78. The summed E-state index contributed by atoms with van der Waals surface area (Å²) in [4.78, 5) is 20.7. The largest absolute Gasteiger partial charge is 0.366 e. The van der Waals surface area contributed by atoms with Crippen molar-refractivity contribution in [3.05, 3.63) is 64.4 Å². The van der Waals surface area contributed by atoms with E-state index in [1.165, 1.54) is 0 Å². The number of benzene rings is 2. The zero-order valence-electron chi connectivity index (χ0n) is 14.8. The number of aryl methyl sites for hydroxylation is 1. The van der Waals surface area contributed by atoms with Crippen molar-refractivity contribution in [2.24, 2.45) is 5.73 Å². The molecular formula is C20H21ClN4O. The summed E-state index contributed by atoms with van der Waals surface area (Å²) in [6, 6.07) is 13.3. The molecular weight excluding hydrogens is 348 g/mol. The number of nitrogens with one attached hydrogen (secondary N) is 1. The van der Waals surface area contributed by atoms with Crippen LogP contribution in [0.1, 0.15) is 47.6 Å². The average Bonchev–Trinajstić information content (AvgIpc) is 2.61. The van der Waals surface area contributed by atoms with E-state index in [-0.39, 0.29) is 6.04 Å². The van der Waals surface area contributed by atoms with E-state index in [1.54, 1.807) is 19.1 Å². The number of anilines is 1. The third-order valence-electron chi connectivity index (χ3n) is 4.26. The number of halogens is 1. The van der Waals surface area contributed by atoms with Gasteiger partial charge in [-0.05, 0) is 43.2 Å². The van der Waals surface area contributed by atoms with Crippen molar-refractivity contribution in [2.75, 3.05) is 5.32 Å². The highest BCUT2D eigenvalue weighted by atomic mass is 35.5. The third-order valence-corrected chi connectivity index (χ3v) is 4.52. The zero-order chi connectivity index (χ0) is 18.7. The Balaban J connectivity index is 2.07. The number of hydrogen-bond acceptors (Lipinski definition) is 4. The molecule has 26 heavy (non-hydrogen) atoms. The molecule has 1 amide bonds. The summed E-state index contributed by atoms with van der Waals surface area (Å²) in [6.45, 7) is 3.94. The number of carbonyl (C=O) groups is 1. The molecule has 1 heterocycles. The Labute approximate surface area is 157 Å². The van der Waals surface area contributed by atoms with Crippen molar-refractivity contribution in [1.82, 2.24) is 9.97 Å². The van der Waals surface area contributed by atoms with Gasteiger partial charge >= 0.3 is 0 Å². The number of rotatable bonds is 6. The first-order valence-electron chi connectivity index (χ1n) is 8.58. The predicted molar refractivity (Wildman–Crippen MR) is 106 cm³/mol. The number of carbonyl (C=O) groups excluding carboxylic acids is 1. The number of primary amides is 1. The number of hydrogen-bond donors (Lipinski definition) is 2. The first kappa shape index (κ1) is 18.1. The van der Waals surface area contributed by atoms with E-state index in [2.05, 4.69) is 22.2 Å². The van der Waals surface area contributed by atoms with E-state index in [0.717, 1.165) is 23.8 Å². The minimum absolute atomic E-state index is 0.0759. The van der Waals surface area contributed by atoms with Crippen LogP contribution in [0, 0.1) is 6.92 Å². The highest BCUT2D eigenvalue weighted by Crippen LogP contribution is 2.29. The summed E-state index contributed by atoms with van der Waals surface area (Å²) in [5.74, 6) is 0.784. The van der Waals surface area contributed by atoms with Gasteiger partial charge in [0, 0.05) is 10.4 Å². The molecule has 0 aliphatic rings. The first-order chi connectivity index (χ1) is 12.5. The van der Waals surface area contributed by atoms with Gasteiger partial charge in [0.25, 0.3) is 5.91 Å². The molecule has 0 bridgehead atoms. The Bertz CT molecular complexity index is 940. The Kier molecular flexibility index (Phi) is 5.38. The lowest BCUT2D eigenvalue weighted by Gasteiger charge is -2.21. The summed E-state index contributed by atoms with van der Waals surface area (Å²) < 4.78 is 0. The lowest BCUT2D eigenvalue weighted by molar-refractivity contribution is 0.100. The van der Waals surface area contributed by atoms with Crippen LogP contribution in [0.25, 0.3) is 10.9 Å². The maximum Gasteiger partial charge on any atom is 0.250 e. The van der Waals surface area contributed by atoms with Gasteiger partial charge in [0.05, 0.1) is 17.1 Å². The molecule has 0 aliphatic carbocycles. The maximum absolute atomic E-state index is 11.7. The van der Waals surface area contributed by atoms with Crippen molar-refractivity contribution < 1.29 is 4.79 Å². The summed E-state index contributed by atoms with van der Waals surface area (Å²) in [6.07, 6.45) is 1.94. The fourth-order valence-electron chi connectivity index (χ4n) is 3.04. The molecule has 0 radical (unpaired) electrons. The fourth-order valence-corrected chi connectivity index (χ4v) is 3.17. The molecule has 0 fully saturated rings. The van der Waals surface area contributed by atoms with Crippen LogP contribution in [0.15, 0.2) is 42.5 Å². The van der Waals surface area contributed by atoms with E-state index >= 15 is 0 Å². The quantitative estimate of drug-likeness (QED) is 0.663. The second-order valence-corrected chi connectivity index (χ2v) is 6.66. The van der Waals surface area contributed by atoms with Crippen molar-refractivity contribution >= 4 is 34.2 Å². The summed E-state index contributed by atoms with van der Waals surface area (Å²) in [5.41, 5.74) is 7.60. The summed E-state index contributed by atoms with van der Waals surface area (Å²) >= 11 is 6.01. The lowest BCUT2D eigenvalue weighted by atomic mass is 10.0. The maximum atomic E-state index is 11.7. The van der Waals surface area contributed by atoms with Crippen LogP contribution >= 0.6 is 11.6 Å². The molecule has 1 aromatic heterocycles. The molecule has 134 valence electrons. The van der Waals surface area contributed by atoms with Crippen LogP contribution in [0.5, 0.6) is 0 Å². The minimum Gasteiger partial charge on any atom is -0.366 e. The van der Waals surface area contributed by atoms with Gasteiger partial charge in [-0.3, -0.25) is 4.79 Å². The minimum atomic E-state index is -0.498. The van der Waals surface area contributed by atoms with Gasteiger partial charge in [-0.25, -0.2) is 9.97 Å². The number of aromatic nitrogens is 2. The molecule has 6 heteroatoms. The van der Waals surface area contributed by atoms with E-state index < -0.39 is 5.91 Å². The zero-order valence-corrected chi connectivity index (χ0v) is 15.5. The van der Waals surface area contributed by atoms with Gasteiger partial charge in [-0.15, -0.1) is 0 Å². The molecule has 5 nitrogen and oxygen atoms in total. The molecule has 0 unspecified atom stereocenters. The van der Waals surface area contributed by atoms with Gasteiger partial charge in [0.2, 0.25) is 0 Å². The molecule has 0 aliphatic heterocycles. The van der Waals surface area contributed by atoms with Crippen LogP contribution in [-0.4, -0.2) is 15.9 Å². The highest BCUT2D eigenvalue weighted by Gasteiger charge is 2.16. The van der Waals surface area contributed by atoms with Crippen molar-refractivity contribution in [2.45, 2.75) is 32.7 Å². The van der Waals surface area contributed by atoms with Crippen molar-refractivity contribution in [1.29, 1.82) is 0 Å². The van der Waals surface area contributed by atoms with Crippen LogP contribution in [0.4, 0.5) is 5.82 Å². The van der Waals surface area contributed by atoms with Crippen molar-refractivity contribution in [3.8, 4) is 0 Å². The molecule has 0 saturated heterocycles. The predicted octanol–water partition coefficient (Wildman–Crippen LogP) is 4.64. The van der Waals surface area contributed by atoms with Crippen LogP contribution in [-0.2, 0) is 0 Å². The van der Waals surface area contributed by atoms with E-state index in [4.69, 9.17) is 17.3 Å². The molecule has 3 aromatic rings. The number of para-hydroxylation sites is 1. The Morgan fingerprint density at radius 2 is 1.92 bits per heavy atom. The smallest absolute Gasteiger partial charge is 0.250 e. The number of amides is 1. The molecule has 1 atom stereocenters. The van der Waals surface area contributed by atoms with Gasteiger partial charge < -0.3 is 11.1 Å². The Hall–Kier alpha value is -2.66. The van der Waals surface area contributed by atoms with Gasteiger partial charge in [0.1, 0.15) is 11.6 Å². The van der Waals surface area contributed by atoms with E-state index in [1.807, 2.05) is 30.3 Å².